The maximum absolute atomic E-state index is 10.1. The molecule has 1 N–H and O–H groups in total. The summed E-state index contributed by atoms with van der Waals surface area (Å²) >= 11 is 0. The Kier molecular flexibility index (Phi) is 4.58. The molecule has 0 aliphatic carbocycles. The zero-order valence-electron chi connectivity index (χ0n) is 6.37. The van der Waals surface area contributed by atoms with Crippen molar-refractivity contribution in [3.05, 3.63) is 12.2 Å². The second-order valence-corrected chi connectivity index (χ2v) is 2.16. The largest absolute Gasteiger partial charge is 0.480 e. The van der Waals surface area contributed by atoms with Gasteiger partial charge in [-0.1, -0.05) is 12.2 Å². The van der Waals surface area contributed by atoms with E-state index in [2.05, 4.69) is 0 Å². The predicted octanol–water partition coefficient (Wildman–Crippen LogP) is 0.579. The van der Waals surface area contributed by atoms with E-state index in [1.807, 2.05) is 19.1 Å². The van der Waals surface area contributed by atoms with Gasteiger partial charge in [0.25, 0.3) is 0 Å². The zero-order chi connectivity index (χ0) is 7.98. The number of hydrogen-bond donors (Lipinski definition) is 1. The number of hydrogen-bond acceptors (Lipinski definition) is 2. The smallest absolute Gasteiger partial charge is 0.317 e. The average molecular weight is 143 g/mol. The lowest BCUT2D eigenvalue weighted by atomic mass is 10.4. The first kappa shape index (κ1) is 9.17. The first-order chi connectivity index (χ1) is 4.66. The van der Waals surface area contributed by atoms with Crippen molar-refractivity contribution in [3.63, 3.8) is 0 Å². The molecule has 0 aliphatic rings. The van der Waals surface area contributed by atoms with Gasteiger partial charge in [0.15, 0.2) is 0 Å². The van der Waals surface area contributed by atoms with Crippen molar-refractivity contribution in [2.45, 2.75) is 6.92 Å². The van der Waals surface area contributed by atoms with E-state index < -0.39 is 5.97 Å². The van der Waals surface area contributed by atoms with Crippen LogP contribution in [0.3, 0.4) is 0 Å². The lowest BCUT2D eigenvalue weighted by molar-refractivity contribution is -0.137. The molecule has 0 heterocycles. The third-order valence-corrected chi connectivity index (χ3v) is 1.06. The van der Waals surface area contributed by atoms with Crippen LogP contribution in [-0.4, -0.2) is 36.1 Å². The van der Waals surface area contributed by atoms with E-state index in [9.17, 15) is 4.79 Å². The van der Waals surface area contributed by atoms with Gasteiger partial charge in [-0.05, 0) is 14.0 Å². The Labute approximate surface area is 61.0 Å². The molecule has 3 heteroatoms. The molecule has 0 saturated heterocycles. The summed E-state index contributed by atoms with van der Waals surface area (Å²) in [5, 5.41) is 8.32. The fourth-order valence-electron chi connectivity index (χ4n) is 0.581. The van der Waals surface area contributed by atoms with E-state index in [-0.39, 0.29) is 6.54 Å². The van der Waals surface area contributed by atoms with E-state index in [0.717, 1.165) is 0 Å². The van der Waals surface area contributed by atoms with Gasteiger partial charge in [-0.2, -0.15) is 0 Å². The number of rotatable bonds is 4. The lowest BCUT2D eigenvalue weighted by Gasteiger charge is -2.09. The van der Waals surface area contributed by atoms with Gasteiger partial charge >= 0.3 is 5.97 Å². The Morgan fingerprint density at radius 1 is 1.70 bits per heavy atom. The highest BCUT2D eigenvalue weighted by Gasteiger charge is 1.99. The molecule has 0 aromatic carbocycles. The highest BCUT2D eigenvalue weighted by Crippen LogP contribution is 1.82. The van der Waals surface area contributed by atoms with Crippen molar-refractivity contribution >= 4 is 5.97 Å². The second-order valence-electron chi connectivity index (χ2n) is 2.16. The van der Waals surface area contributed by atoms with Gasteiger partial charge in [0.05, 0.1) is 6.54 Å². The minimum absolute atomic E-state index is 0.102. The molecule has 0 unspecified atom stereocenters. The Morgan fingerprint density at radius 3 is 2.70 bits per heavy atom. The number of allylic oxidation sites excluding steroid dienone is 1. The Bertz CT molecular complexity index is 132. The summed E-state index contributed by atoms with van der Waals surface area (Å²) in [5.74, 6) is -0.785. The van der Waals surface area contributed by atoms with Gasteiger partial charge in [0.1, 0.15) is 0 Å². The molecule has 0 bridgehead atoms. The topological polar surface area (TPSA) is 40.5 Å². The van der Waals surface area contributed by atoms with Gasteiger partial charge in [0, 0.05) is 6.54 Å². The number of carbonyl (C=O) groups is 1. The lowest BCUT2D eigenvalue weighted by Crippen LogP contribution is -2.25. The Morgan fingerprint density at radius 2 is 2.30 bits per heavy atom. The van der Waals surface area contributed by atoms with Crippen LogP contribution in [0.2, 0.25) is 0 Å². The number of likely N-dealkylation sites (N-methyl/N-ethyl adjacent to an activating group) is 1. The monoisotopic (exact) mass is 143 g/mol. The molecule has 3 nitrogen and oxygen atoms in total. The molecule has 0 fully saturated rings. The summed E-state index contributed by atoms with van der Waals surface area (Å²) in [6.45, 7) is 2.71. The predicted molar refractivity (Wildman–Crippen MR) is 39.9 cm³/mol. The highest BCUT2D eigenvalue weighted by molar-refractivity contribution is 5.69. The summed E-state index contributed by atoms with van der Waals surface area (Å²) in [6.07, 6.45) is 3.82. The average Bonchev–Trinajstić information content (AvgIpc) is 1.82. The maximum atomic E-state index is 10.1. The number of carboxylic acids is 1. The molecule has 0 spiro atoms. The number of aliphatic carboxylic acids is 1. The third-order valence-electron chi connectivity index (χ3n) is 1.06. The zero-order valence-corrected chi connectivity index (χ0v) is 6.37. The molecule has 0 rings (SSSR count). The van der Waals surface area contributed by atoms with Crippen LogP contribution >= 0.6 is 0 Å². The quantitative estimate of drug-likeness (QED) is 0.585. The molecule has 0 amide bonds. The van der Waals surface area contributed by atoms with Crippen LogP contribution < -0.4 is 0 Å². The van der Waals surface area contributed by atoms with Gasteiger partial charge in [-0.15, -0.1) is 0 Å². The van der Waals surface area contributed by atoms with Crippen molar-refractivity contribution in [1.29, 1.82) is 0 Å². The molecular weight excluding hydrogens is 130 g/mol. The van der Waals surface area contributed by atoms with Crippen LogP contribution in [-0.2, 0) is 4.79 Å². The summed E-state index contributed by atoms with van der Waals surface area (Å²) in [4.78, 5) is 11.8. The van der Waals surface area contributed by atoms with Gasteiger partial charge in [-0.3, -0.25) is 9.69 Å². The van der Waals surface area contributed by atoms with Crippen molar-refractivity contribution in [2.75, 3.05) is 20.1 Å². The van der Waals surface area contributed by atoms with Crippen LogP contribution in [0.15, 0.2) is 12.2 Å². The van der Waals surface area contributed by atoms with Crippen LogP contribution in [0.25, 0.3) is 0 Å². The van der Waals surface area contributed by atoms with E-state index in [0.29, 0.717) is 6.54 Å². The van der Waals surface area contributed by atoms with Crippen LogP contribution in [0.1, 0.15) is 6.92 Å². The molecule has 0 radical (unpaired) electrons. The van der Waals surface area contributed by atoms with Crippen LogP contribution in [0.5, 0.6) is 0 Å². The summed E-state index contributed by atoms with van der Waals surface area (Å²) in [5.41, 5.74) is 0. The van der Waals surface area contributed by atoms with Crippen LogP contribution in [0.4, 0.5) is 0 Å². The first-order valence-electron chi connectivity index (χ1n) is 3.18. The minimum atomic E-state index is -0.785. The highest BCUT2D eigenvalue weighted by atomic mass is 16.4. The molecule has 0 aromatic rings. The maximum Gasteiger partial charge on any atom is 0.317 e. The van der Waals surface area contributed by atoms with E-state index in [4.69, 9.17) is 5.11 Å². The molecular formula is C7H13NO2. The normalized spacial score (nSPS) is 11.1. The fraction of sp³-hybridized carbons (Fsp3) is 0.571. The van der Waals surface area contributed by atoms with Crippen molar-refractivity contribution in [2.24, 2.45) is 0 Å². The van der Waals surface area contributed by atoms with Gasteiger partial charge in [-0.25, -0.2) is 0 Å². The minimum Gasteiger partial charge on any atom is -0.480 e. The number of nitrogens with zero attached hydrogens (tertiary/aromatic N) is 1. The van der Waals surface area contributed by atoms with E-state index >= 15 is 0 Å². The summed E-state index contributed by atoms with van der Waals surface area (Å²) in [7, 11) is 1.77. The van der Waals surface area contributed by atoms with E-state index in [1.54, 1.807) is 11.9 Å². The van der Waals surface area contributed by atoms with Crippen molar-refractivity contribution < 1.29 is 9.90 Å². The standard InChI is InChI=1S/C7H13NO2/c1-3-4-5-8(2)6-7(9)10/h3-4H,5-6H2,1-2H3,(H,9,10)/b4-3+. The van der Waals surface area contributed by atoms with Gasteiger partial charge < -0.3 is 5.11 Å². The first-order valence-corrected chi connectivity index (χ1v) is 3.18. The SMILES string of the molecule is C/C=C/CN(C)CC(=O)O. The van der Waals surface area contributed by atoms with Crippen LogP contribution in [0, 0.1) is 0 Å². The molecule has 0 atom stereocenters. The summed E-state index contributed by atoms with van der Waals surface area (Å²) in [6, 6.07) is 0. The second kappa shape index (κ2) is 4.99. The van der Waals surface area contributed by atoms with Gasteiger partial charge in [0.2, 0.25) is 0 Å². The number of carboxylic acid groups (broad SMARTS) is 1. The molecule has 0 aromatic heterocycles. The van der Waals surface area contributed by atoms with Crippen molar-refractivity contribution in [3.8, 4) is 0 Å². The Balaban J connectivity index is 3.43. The Hall–Kier alpha value is -0.830. The fourth-order valence-corrected chi connectivity index (χ4v) is 0.581. The molecule has 58 valence electrons. The van der Waals surface area contributed by atoms with Crippen molar-refractivity contribution in [1.82, 2.24) is 4.90 Å². The molecule has 10 heavy (non-hydrogen) atoms. The third kappa shape index (κ3) is 5.31. The molecule has 0 aliphatic heterocycles. The summed E-state index contributed by atoms with van der Waals surface area (Å²) < 4.78 is 0. The van der Waals surface area contributed by atoms with E-state index in [1.165, 1.54) is 0 Å². The molecule has 0 saturated carbocycles.